The van der Waals surface area contributed by atoms with Gasteiger partial charge in [-0.05, 0) is 48.5 Å². The summed E-state index contributed by atoms with van der Waals surface area (Å²) in [5, 5.41) is 0. The molecule has 0 aliphatic heterocycles. The molecule has 0 bridgehead atoms. The van der Waals surface area contributed by atoms with Gasteiger partial charge in [-0.3, -0.25) is 9.80 Å². The molecule has 0 N–H and O–H groups in total. The van der Waals surface area contributed by atoms with Crippen molar-refractivity contribution in [2.75, 3.05) is 9.80 Å². The normalized spacial score (nSPS) is 10.5. The van der Waals surface area contributed by atoms with Crippen LogP contribution < -0.4 is 9.80 Å². The van der Waals surface area contributed by atoms with Crippen molar-refractivity contribution < 1.29 is 0 Å². The molecule has 5 aromatic rings. The van der Waals surface area contributed by atoms with Gasteiger partial charge in [0.05, 0.1) is 0 Å². The van der Waals surface area contributed by atoms with E-state index >= 15 is 0 Å². The molecule has 0 atom stereocenters. The third-order valence-electron chi connectivity index (χ3n) is 4.61. The Bertz CT molecular complexity index is 1090. The smallest absolute Gasteiger partial charge is 0.145 e. The lowest BCUT2D eigenvalue weighted by molar-refractivity contribution is 1.03. The van der Waals surface area contributed by atoms with E-state index in [1.807, 2.05) is 88.7 Å². The zero-order valence-electron chi connectivity index (χ0n) is 17.0. The number of hydrogen-bond donors (Lipinski definition) is 0. The van der Waals surface area contributed by atoms with E-state index in [4.69, 9.17) is 0 Å². The van der Waals surface area contributed by atoms with Crippen LogP contribution >= 0.6 is 0 Å². The fourth-order valence-corrected chi connectivity index (χ4v) is 3.23. The van der Waals surface area contributed by atoms with Crippen LogP contribution in [0, 0.1) is 0 Å². The first-order valence-corrected chi connectivity index (χ1v) is 9.96. The molecule has 0 saturated heterocycles. The molecule has 0 amide bonds. The second-order valence-electron chi connectivity index (χ2n) is 6.66. The first-order chi connectivity index (χ1) is 15.9. The number of nitrogens with zero attached hydrogens (tertiary/aromatic N) is 8. The summed E-state index contributed by atoms with van der Waals surface area (Å²) in [6.45, 7) is 0. The number of anilines is 6. The minimum absolute atomic E-state index is 0.615. The number of rotatable bonds is 6. The van der Waals surface area contributed by atoms with Gasteiger partial charge in [0.15, 0.2) is 0 Å². The van der Waals surface area contributed by atoms with Crippen LogP contribution in [0.1, 0.15) is 0 Å². The molecule has 0 saturated carbocycles. The lowest BCUT2D eigenvalue weighted by Crippen LogP contribution is -2.17. The molecule has 5 heterocycles. The highest BCUT2D eigenvalue weighted by Gasteiger charge is 2.20. The molecule has 5 aromatic heterocycles. The lowest BCUT2D eigenvalue weighted by Gasteiger charge is -2.25. The Morgan fingerprint density at radius 3 is 1.00 bits per heavy atom. The Labute approximate surface area is 184 Å². The average Bonchev–Trinajstić information content (AvgIpc) is 2.87. The molecule has 0 unspecified atom stereocenters. The molecule has 0 aromatic carbocycles. The summed E-state index contributed by atoms with van der Waals surface area (Å²) < 4.78 is 0. The predicted molar refractivity (Wildman–Crippen MR) is 123 cm³/mol. The van der Waals surface area contributed by atoms with E-state index in [9.17, 15) is 0 Å². The van der Waals surface area contributed by atoms with Crippen LogP contribution in [-0.2, 0) is 0 Å². The topological polar surface area (TPSA) is 83.8 Å². The van der Waals surface area contributed by atoms with Crippen molar-refractivity contribution in [3.8, 4) is 0 Å². The summed E-state index contributed by atoms with van der Waals surface area (Å²) in [6.07, 6.45) is 8.47. The monoisotopic (exact) mass is 418 g/mol. The number of aromatic nitrogens is 6. The van der Waals surface area contributed by atoms with Gasteiger partial charge in [-0.15, -0.1) is 0 Å². The van der Waals surface area contributed by atoms with Gasteiger partial charge in [0.25, 0.3) is 0 Å². The van der Waals surface area contributed by atoms with Crippen LogP contribution in [0.4, 0.5) is 34.9 Å². The highest BCUT2D eigenvalue weighted by atomic mass is 15.3. The van der Waals surface area contributed by atoms with Crippen LogP contribution in [0.25, 0.3) is 0 Å². The van der Waals surface area contributed by atoms with Crippen molar-refractivity contribution in [1.29, 1.82) is 0 Å². The Kier molecular flexibility index (Phi) is 5.40. The summed E-state index contributed by atoms with van der Waals surface area (Å²) in [5.74, 6) is 4.00. The molecule has 0 spiro atoms. The van der Waals surface area contributed by atoms with Crippen molar-refractivity contribution in [2.24, 2.45) is 0 Å². The molecule has 0 aliphatic carbocycles. The van der Waals surface area contributed by atoms with E-state index in [0.29, 0.717) is 34.9 Å². The maximum Gasteiger partial charge on any atom is 0.145 e. The van der Waals surface area contributed by atoms with Crippen molar-refractivity contribution in [3.63, 3.8) is 0 Å². The van der Waals surface area contributed by atoms with Crippen LogP contribution in [0.2, 0.25) is 0 Å². The minimum atomic E-state index is 0.615. The fraction of sp³-hybridized carbons (Fsp3) is 0. The van der Waals surface area contributed by atoms with Gasteiger partial charge < -0.3 is 0 Å². The van der Waals surface area contributed by atoms with E-state index < -0.39 is 0 Å². The largest absolute Gasteiger partial charge is 0.262 e. The number of hydrogen-bond acceptors (Lipinski definition) is 8. The molecule has 8 heteroatoms. The van der Waals surface area contributed by atoms with Gasteiger partial charge in [-0.2, -0.15) is 0 Å². The van der Waals surface area contributed by atoms with Crippen molar-refractivity contribution in [3.05, 3.63) is 110 Å². The van der Waals surface area contributed by atoms with Gasteiger partial charge in [0.2, 0.25) is 0 Å². The molecule has 0 aliphatic rings. The van der Waals surface area contributed by atoms with Crippen LogP contribution in [0.15, 0.2) is 110 Å². The van der Waals surface area contributed by atoms with Crippen LogP contribution in [0.3, 0.4) is 0 Å². The summed E-state index contributed by atoms with van der Waals surface area (Å²) >= 11 is 0. The Hall–Kier alpha value is -4.72. The predicted octanol–water partition coefficient (Wildman–Crippen LogP) is 5.00. The third kappa shape index (κ3) is 3.97. The van der Waals surface area contributed by atoms with Crippen LogP contribution in [0.5, 0.6) is 0 Å². The Balaban J connectivity index is 1.65. The van der Waals surface area contributed by atoms with E-state index in [1.165, 1.54) is 6.33 Å². The highest BCUT2D eigenvalue weighted by molar-refractivity contribution is 5.75. The van der Waals surface area contributed by atoms with Gasteiger partial charge in [0.1, 0.15) is 41.2 Å². The van der Waals surface area contributed by atoms with E-state index in [-0.39, 0.29) is 0 Å². The van der Waals surface area contributed by atoms with E-state index in [1.54, 1.807) is 24.8 Å². The molecule has 0 fully saturated rings. The second kappa shape index (κ2) is 8.97. The third-order valence-corrected chi connectivity index (χ3v) is 4.61. The first-order valence-electron chi connectivity index (χ1n) is 9.96. The van der Waals surface area contributed by atoms with E-state index in [0.717, 1.165) is 0 Å². The average molecular weight is 418 g/mol. The maximum atomic E-state index is 4.53. The molecule has 0 radical (unpaired) electrons. The zero-order valence-corrected chi connectivity index (χ0v) is 17.0. The maximum absolute atomic E-state index is 4.53. The van der Waals surface area contributed by atoms with Gasteiger partial charge >= 0.3 is 0 Å². The standard InChI is InChI=1S/C24H18N8/c1-5-13-25-19(9-1)31(20-10-2-6-14-26-20)23-17-24(30-18-29-23)32(21-11-3-7-15-27-21)22-12-4-8-16-28-22/h1-18H. The molecule has 154 valence electrons. The molecule has 8 nitrogen and oxygen atoms in total. The zero-order chi connectivity index (χ0) is 21.6. The Morgan fingerprint density at radius 1 is 0.375 bits per heavy atom. The lowest BCUT2D eigenvalue weighted by atomic mass is 10.3. The van der Waals surface area contributed by atoms with Crippen molar-refractivity contribution >= 4 is 34.9 Å². The van der Waals surface area contributed by atoms with E-state index in [2.05, 4.69) is 29.9 Å². The molecular formula is C24H18N8. The highest BCUT2D eigenvalue weighted by Crippen LogP contribution is 2.35. The van der Waals surface area contributed by atoms with Crippen LogP contribution in [-0.4, -0.2) is 29.9 Å². The minimum Gasteiger partial charge on any atom is -0.262 e. The molecule has 5 rings (SSSR count). The summed E-state index contributed by atoms with van der Waals surface area (Å²) in [7, 11) is 0. The summed E-state index contributed by atoms with van der Waals surface area (Å²) in [6, 6.07) is 24.7. The molecular weight excluding hydrogens is 400 g/mol. The number of pyridine rings is 4. The summed E-state index contributed by atoms with van der Waals surface area (Å²) in [5.41, 5.74) is 0. The van der Waals surface area contributed by atoms with Crippen molar-refractivity contribution in [2.45, 2.75) is 0 Å². The SMILES string of the molecule is c1ccc(N(c2ccccn2)c2cc(N(c3ccccn3)c3ccccn3)ncn2)nc1. The van der Waals surface area contributed by atoms with Gasteiger partial charge in [-0.25, -0.2) is 29.9 Å². The fourth-order valence-electron chi connectivity index (χ4n) is 3.23. The summed E-state index contributed by atoms with van der Waals surface area (Å²) in [4.78, 5) is 30.8. The second-order valence-corrected chi connectivity index (χ2v) is 6.66. The first kappa shape index (κ1) is 19.3. The van der Waals surface area contributed by atoms with Gasteiger partial charge in [-0.1, -0.05) is 24.3 Å². The molecule has 32 heavy (non-hydrogen) atoms. The van der Waals surface area contributed by atoms with Gasteiger partial charge in [0, 0.05) is 30.9 Å². The Morgan fingerprint density at radius 2 is 0.719 bits per heavy atom. The van der Waals surface area contributed by atoms with Crippen molar-refractivity contribution in [1.82, 2.24) is 29.9 Å². The quantitative estimate of drug-likeness (QED) is 0.381.